The van der Waals surface area contributed by atoms with Crippen molar-refractivity contribution in [1.82, 2.24) is 15.0 Å². The molecule has 268 valence electrons. The van der Waals surface area contributed by atoms with Crippen LogP contribution in [0.3, 0.4) is 0 Å². The zero-order valence-corrected chi connectivity index (χ0v) is 31.1. The second kappa shape index (κ2) is 13.7. The number of benzene rings is 8. The molecule has 2 heterocycles. The largest absolute Gasteiger partial charge is 0.455 e. The summed E-state index contributed by atoms with van der Waals surface area (Å²) in [6.45, 7) is 0. The van der Waals surface area contributed by atoms with Gasteiger partial charge in [-0.2, -0.15) is 0 Å². The Morgan fingerprint density at radius 2 is 0.982 bits per heavy atom. The van der Waals surface area contributed by atoms with Crippen molar-refractivity contribution in [2.24, 2.45) is 0 Å². The molecule has 11 rings (SSSR count). The van der Waals surface area contributed by atoms with Gasteiger partial charge < -0.3 is 4.42 Å². The van der Waals surface area contributed by atoms with Gasteiger partial charge in [0.1, 0.15) is 11.2 Å². The number of nitrogens with zero attached hydrogens (tertiary/aromatic N) is 3. The highest BCUT2D eigenvalue weighted by atomic mass is 16.3. The molecule has 0 fully saturated rings. The maximum absolute atomic E-state index is 6.77. The van der Waals surface area contributed by atoms with E-state index in [2.05, 4.69) is 182 Å². The van der Waals surface area contributed by atoms with Crippen molar-refractivity contribution in [1.29, 1.82) is 0 Å². The fourth-order valence-corrected chi connectivity index (χ4v) is 8.36. The monoisotopic (exact) mass is 729 g/mol. The van der Waals surface area contributed by atoms with E-state index < -0.39 is 0 Å². The Morgan fingerprint density at radius 1 is 0.421 bits per heavy atom. The number of allylic oxidation sites excluding steroid dienone is 4. The lowest BCUT2D eigenvalue weighted by Crippen LogP contribution is -2.05. The fourth-order valence-electron chi connectivity index (χ4n) is 8.36. The molecule has 0 bridgehead atoms. The molecule has 0 radical (unpaired) electrons. The molecular weight excluding hydrogens is 695 g/mol. The van der Waals surface area contributed by atoms with Crippen LogP contribution in [0.1, 0.15) is 24.2 Å². The molecular formula is C53H35N3O. The van der Waals surface area contributed by atoms with E-state index >= 15 is 0 Å². The zero-order valence-electron chi connectivity index (χ0n) is 31.1. The summed E-state index contributed by atoms with van der Waals surface area (Å²) in [7, 11) is 0. The number of aromatic nitrogens is 3. The lowest BCUT2D eigenvalue weighted by atomic mass is 9.88. The summed E-state index contributed by atoms with van der Waals surface area (Å²) in [5.74, 6) is 1.95. The first kappa shape index (κ1) is 33.0. The lowest BCUT2D eigenvalue weighted by molar-refractivity contribution is 0.670. The van der Waals surface area contributed by atoms with Crippen LogP contribution in [0.4, 0.5) is 0 Å². The van der Waals surface area contributed by atoms with E-state index in [-0.39, 0.29) is 0 Å². The van der Waals surface area contributed by atoms with Crippen LogP contribution in [0, 0.1) is 0 Å². The molecule has 2 aromatic heterocycles. The van der Waals surface area contributed by atoms with E-state index in [0.717, 1.165) is 78.9 Å². The van der Waals surface area contributed by atoms with Crippen molar-refractivity contribution >= 4 is 54.6 Å². The first-order chi connectivity index (χ1) is 28.2. The number of para-hydroxylation sites is 1. The standard InChI is InChI=1S/C53H35N3O/c1-2-12-34(13-3-1)37-24-28-38(29-25-37)43-20-10-22-47-49-45(21-11-23-48(49)57-50(43)47)44-18-8-9-19-46(44)53-55-51(41-30-26-35-14-4-6-16-39(35)32-41)54-52(56-53)42-31-27-36-15-5-7-17-40(36)33-42/h1-7,9-17,19-33H,8,18H2. The average molecular weight is 730 g/mol. The van der Waals surface area contributed by atoms with E-state index in [1.54, 1.807) is 0 Å². The summed E-state index contributed by atoms with van der Waals surface area (Å²) in [6, 6.07) is 61.8. The van der Waals surface area contributed by atoms with Gasteiger partial charge in [0.15, 0.2) is 17.5 Å². The van der Waals surface area contributed by atoms with Gasteiger partial charge in [-0.25, -0.2) is 15.0 Å². The van der Waals surface area contributed by atoms with Crippen molar-refractivity contribution in [3.8, 4) is 45.0 Å². The average Bonchev–Trinajstić information content (AvgIpc) is 3.68. The van der Waals surface area contributed by atoms with E-state index in [4.69, 9.17) is 19.4 Å². The highest BCUT2D eigenvalue weighted by molar-refractivity contribution is 6.15. The van der Waals surface area contributed by atoms with Gasteiger partial charge in [-0.15, -0.1) is 0 Å². The first-order valence-corrected chi connectivity index (χ1v) is 19.5. The molecule has 0 saturated carbocycles. The number of hydrogen-bond donors (Lipinski definition) is 0. The van der Waals surface area contributed by atoms with Crippen molar-refractivity contribution < 1.29 is 4.42 Å². The number of furan rings is 1. The maximum Gasteiger partial charge on any atom is 0.164 e. The minimum Gasteiger partial charge on any atom is -0.455 e. The maximum atomic E-state index is 6.77. The summed E-state index contributed by atoms with van der Waals surface area (Å²) in [4.78, 5) is 15.7. The topological polar surface area (TPSA) is 51.8 Å². The summed E-state index contributed by atoms with van der Waals surface area (Å²) >= 11 is 0. The molecule has 0 N–H and O–H groups in total. The number of rotatable bonds is 6. The van der Waals surface area contributed by atoms with Crippen LogP contribution in [0.2, 0.25) is 0 Å². The predicted octanol–water partition coefficient (Wildman–Crippen LogP) is 14.0. The number of fused-ring (bicyclic) bond motifs is 5. The quantitative estimate of drug-likeness (QED) is 0.171. The van der Waals surface area contributed by atoms with E-state index in [9.17, 15) is 0 Å². The van der Waals surface area contributed by atoms with Crippen LogP contribution >= 0.6 is 0 Å². The second-order valence-electron chi connectivity index (χ2n) is 14.7. The van der Waals surface area contributed by atoms with Crippen molar-refractivity contribution in [3.05, 3.63) is 199 Å². The molecule has 57 heavy (non-hydrogen) atoms. The molecule has 0 amide bonds. The number of hydrogen-bond acceptors (Lipinski definition) is 4. The summed E-state index contributed by atoms with van der Waals surface area (Å²) < 4.78 is 6.77. The molecule has 0 unspecified atom stereocenters. The Morgan fingerprint density at radius 3 is 1.68 bits per heavy atom. The van der Waals surface area contributed by atoms with Gasteiger partial charge in [-0.1, -0.05) is 170 Å². The van der Waals surface area contributed by atoms with Gasteiger partial charge in [-0.3, -0.25) is 0 Å². The van der Waals surface area contributed by atoms with Crippen LogP contribution < -0.4 is 0 Å². The minimum atomic E-state index is 0.648. The van der Waals surface area contributed by atoms with Crippen LogP contribution in [0.5, 0.6) is 0 Å². The van der Waals surface area contributed by atoms with Gasteiger partial charge >= 0.3 is 0 Å². The van der Waals surface area contributed by atoms with E-state index in [1.807, 2.05) is 6.07 Å². The third-order valence-corrected chi connectivity index (χ3v) is 11.2. The SMILES string of the molecule is C1=CC(c2nc(-c3ccc4ccccc4c3)nc(-c3ccc4ccccc4c3)n2)=C(c2cccc3oc4c(-c5ccc(-c6ccccc6)cc5)cccc4c23)CC1. The normalized spacial score (nSPS) is 13.0. The fraction of sp³-hybridized carbons (Fsp3) is 0.0377. The van der Waals surface area contributed by atoms with Crippen molar-refractivity contribution in [2.45, 2.75) is 12.8 Å². The van der Waals surface area contributed by atoms with Crippen molar-refractivity contribution in [2.75, 3.05) is 0 Å². The first-order valence-electron chi connectivity index (χ1n) is 19.5. The molecule has 8 aromatic carbocycles. The summed E-state index contributed by atoms with van der Waals surface area (Å²) in [6.07, 6.45) is 6.20. The molecule has 0 aliphatic heterocycles. The second-order valence-corrected chi connectivity index (χ2v) is 14.7. The molecule has 4 heteroatoms. The highest BCUT2D eigenvalue weighted by Gasteiger charge is 2.23. The van der Waals surface area contributed by atoms with Gasteiger partial charge in [0.05, 0.1) is 0 Å². The van der Waals surface area contributed by atoms with Crippen molar-refractivity contribution in [3.63, 3.8) is 0 Å². The van der Waals surface area contributed by atoms with E-state index in [0.29, 0.717) is 17.5 Å². The molecule has 0 spiro atoms. The van der Waals surface area contributed by atoms with Crippen LogP contribution in [-0.4, -0.2) is 15.0 Å². The van der Waals surface area contributed by atoms with Gasteiger partial charge in [0, 0.05) is 33.0 Å². The van der Waals surface area contributed by atoms with Crippen LogP contribution in [0.15, 0.2) is 192 Å². The minimum absolute atomic E-state index is 0.648. The van der Waals surface area contributed by atoms with Gasteiger partial charge in [-0.05, 0) is 80.4 Å². The molecule has 1 aliphatic rings. The molecule has 1 aliphatic carbocycles. The van der Waals surface area contributed by atoms with Crippen LogP contribution in [0.25, 0.3) is 99.7 Å². The lowest BCUT2D eigenvalue weighted by Gasteiger charge is -2.18. The smallest absolute Gasteiger partial charge is 0.164 e. The van der Waals surface area contributed by atoms with E-state index in [1.165, 1.54) is 27.5 Å². The molecule has 4 nitrogen and oxygen atoms in total. The predicted molar refractivity (Wildman–Crippen MR) is 235 cm³/mol. The zero-order chi connectivity index (χ0) is 37.7. The van der Waals surface area contributed by atoms with Gasteiger partial charge in [0.2, 0.25) is 0 Å². The summed E-state index contributed by atoms with van der Waals surface area (Å²) in [5.41, 5.74) is 11.6. The molecule has 0 saturated heterocycles. The third-order valence-electron chi connectivity index (χ3n) is 11.2. The Kier molecular flexibility index (Phi) is 7.92. The van der Waals surface area contributed by atoms with Crippen LogP contribution in [-0.2, 0) is 0 Å². The highest BCUT2D eigenvalue weighted by Crippen LogP contribution is 2.43. The van der Waals surface area contributed by atoms with Gasteiger partial charge in [0.25, 0.3) is 0 Å². The third kappa shape index (κ3) is 5.90. The Labute approximate surface area is 330 Å². The summed E-state index contributed by atoms with van der Waals surface area (Å²) in [5, 5.41) is 6.85. The Balaban J connectivity index is 1.08. The Hall–Kier alpha value is -7.43. The Bertz CT molecular complexity index is 3130. The molecule has 0 atom stereocenters. The molecule has 10 aromatic rings.